The van der Waals surface area contributed by atoms with E-state index in [4.69, 9.17) is 4.74 Å². The van der Waals surface area contributed by atoms with Gasteiger partial charge in [0.25, 0.3) is 0 Å². The number of rotatable bonds is 7. The first-order chi connectivity index (χ1) is 10.2. The lowest BCUT2D eigenvalue weighted by atomic mass is 10.2. The maximum Gasteiger partial charge on any atom is 0.312 e. The first kappa shape index (κ1) is 14.8. The van der Waals surface area contributed by atoms with Crippen LogP contribution in [0.5, 0.6) is 5.75 Å². The Morgan fingerprint density at radius 2 is 2.29 bits per heavy atom. The number of hydrogen-bond donors (Lipinski definition) is 1. The van der Waals surface area contributed by atoms with Crippen LogP contribution in [-0.2, 0) is 13.1 Å². The molecule has 0 aliphatic heterocycles. The van der Waals surface area contributed by atoms with Crippen molar-refractivity contribution >= 4 is 11.4 Å². The second kappa shape index (κ2) is 6.74. The molecule has 1 aromatic carbocycles. The van der Waals surface area contributed by atoms with Crippen LogP contribution in [0, 0.1) is 10.1 Å². The van der Waals surface area contributed by atoms with Crippen LogP contribution in [-0.4, -0.2) is 21.6 Å². The number of benzene rings is 1. The summed E-state index contributed by atoms with van der Waals surface area (Å²) < 4.78 is 7.04. The van der Waals surface area contributed by atoms with Gasteiger partial charge in [0, 0.05) is 24.5 Å². The van der Waals surface area contributed by atoms with Gasteiger partial charge in [-0.25, -0.2) is 4.98 Å². The Balaban J connectivity index is 2.11. The van der Waals surface area contributed by atoms with Gasteiger partial charge < -0.3 is 14.6 Å². The van der Waals surface area contributed by atoms with Gasteiger partial charge in [0.2, 0.25) is 0 Å². The van der Waals surface area contributed by atoms with Gasteiger partial charge >= 0.3 is 5.69 Å². The lowest BCUT2D eigenvalue weighted by Gasteiger charge is -2.10. The van der Waals surface area contributed by atoms with E-state index in [1.54, 1.807) is 24.7 Å². The fraction of sp³-hybridized carbons (Fsp3) is 0.357. The van der Waals surface area contributed by atoms with Crippen LogP contribution in [0.4, 0.5) is 11.4 Å². The molecule has 21 heavy (non-hydrogen) atoms. The van der Waals surface area contributed by atoms with E-state index in [9.17, 15) is 10.1 Å². The van der Waals surface area contributed by atoms with Crippen molar-refractivity contribution in [3.05, 3.63) is 46.5 Å². The van der Waals surface area contributed by atoms with Gasteiger partial charge in [0.15, 0.2) is 5.75 Å². The number of imidazole rings is 1. The molecule has 1 heterocycles. The highest BCUT2D eigenvalue weighted by atomic mass is 16.6. The second-order valence-electron chi connectivity index (χ2n) is 4.58. The summed E-state index contributed by atoms with van der Waals surface area (Å²) in [7, 11) is 1.42. The van der Waals surface area contributed by atoms with E-state index in [0.717, 1.165) is 18.7 Å². The number of aryl methyl sites for hydroxylation is 1. The normalized spacial score (nSPS) is 10.4. The molecule has 7 heteroatoms. The molecular formula is C14H18N4O3. The van der Waals surface area contributed by atoms with E-state index in [1.807, 2.05) is 0 Å². The van der Waals surface area contributed by atoms with Crippen LogP contribution in [0.3, 0.4) is 0 Å². The average molecular weight is 290 g/mol. The van der Waals surface area contributed by atoms with E-state index in [1.165, 1.54) is 13.2 Å². The van der Waals surface area contributed by atoms with Gasteiger partial charge in [-0.05, 0) is 18.6 Å². The summed E-state index contributed by atoms with van der Waals surface area (Å²) in [6.07, 6.45) is 4.61. The molecule has 112 valence electrons. The number of nitrogens with one attached hydrogen (secondary N) is 1. The van der Waals surface area contributed by atoms with Crippen LogP contribution in [0.2, 0.25) is 0 Å². The number of ether oxygens (including phenoxy) is 1. The summed E-state index contributed by atoms with van der Waals surface area (Å²) in [6, 6.07) is 4.82. The van der Waals surface area contributed by atoms with Crippen molar-refractivity contribution in [2.75, 3.05) is 12.4 Å². The molecule has 0 radical (unpaired) electrons. The zero-order valence-electron chi connectivity index (χ0n) is 12.1. The predicted molar refractivity (Wildman–Crippen MR) is 79.5 cm³/mol. The van der Waals surface area contributed by atoms with Crippen molar-refractivity contribution in [1.82, 2.24) is 9.55 Å². The van der Waals surface area contributed by atoms with E-state index in [0.29, 0.717) is 12.2 Å². The van der Waals surface area contributed by atoms with Crippen LogP contribution in [0.1, 0.15) is 19.0 Å². The molecule has 0 spiro atoms. The maximum absolute atomic E-state index is 11.0. The van der Waals surface area contributed by atoms with Crippen molar-refractivity contribution in [2.45, 2.75) is 26.4 Å². The Labute approximate surface area is 122 Å². The highest BCUT2D eigenvalue weighted by molar-refractivity contribution is 5.58. The molecule has 0 fully saturated rings. The van der Waals surface area contributed by atoms with Gasteiger partial charge in [-0.3, -0.25) is 10.1 Å². The average Bonchev–Trinajstić information content (AvgIpc) is 2.92. The Hall–Kier alpha value is -2.57. The minimum absolute atomic E-state index is 0.0513. The standard InChI is InChI=1S/C14H18N4O3/c1-3-6-17-10-15-8-12(17)9-16-11-4-5-14(21-2)13(7-11)18(19)20/h4-5,7-8,10,16H,3,6,9H2,1-2H3. The van der Waals surface area contributed by atoms with Crippen molar-refractivity contribution in [3.63, 3.8) is 0 Å². The predicted octanol–water partition coefficient (Wildman–Crippen LogP) is 2.82. The van der Waals surface area contributed by atoms with Gasteiger partial charge in [0.05, 0.1) is 30.6 Å². The second-order valence-corrected chi connectivity index (χ2v) is 4.58. The molecule has 0 aliphatic rings. The fourth-order valence-corrected chi connectivity index (χ4v) is 2.07. The Kier molecular flexibility index (Phi) is 4.76. The van der Waals surface area contributed by atoms with Crippen molar-refractivity contribution in [1.29, 1.82) is 0 Å². The van der Waals surface area contributed by atoms with Gasteiger partial charge in [0.1, 0.15) is 0 Å². The monoisotopic (exact) mass is 290 g/mol. The molecule has 7 nitrogen and oxygen atoms in total. The summed E-state index contributed by atoms with van der Waals surface area (Å²) >= 11 is 0. The van der Waals surface area contributed by atoms with E-state index < -0.39 is 4.92 Å². The van der Waals surface area contributed by atoms with Gasteiger partial charge in [-0.15, -0.1) is 0 Å². The Morgan fingerprint density at radius 3 is 2.95 bits per heavy atom. The highest BCUT2D eigenvalue weighted by Crippen LogP contribution is 2.29. The molecule has 2 rings (SSSR count). The Morgan fingerprint density at radius 1 is 1.48 bits per heavy atom. The number of methoxy groups -OCH3 is 1. The molecule has 1 aromatic heterocycles. The van der Waals surface area contributed by atoms with E-state index in [-0.39, 0.29) is 11.4 Å². The lowest BCUT2D eigenvalue weighted by Crippen LogP contribution is -2.07. The fourth-order valence-electron chi connectivity index (χ4n) is 2.07. The third kappa shape index (κ3) is 3.50. The summed E-state index contributed by atoms with van der Waals surface area (Å²) in [5.74, 6) is 0.251. The first-order valence-corrected chi connectivity index (χ1v) is 6.71. The molecule has 0 atom stereocenters. The number of hydrogen-bond acceptors (Lipinski definition) is 5. The van der Waals surface area contributed by atoms with E-state index in [2.05, 4.69) is 21.8 Å². The first-order valence-electron chi connectivity index (χ1n) is 6.71. The minimum Gasteiger partial charge on any atom is -0.490 e. The van der Waals surface area contributed by atoms with Crippen LogP contribution >= 0.6 is 0 Å². The number of aromatic nitrogens is 2. The third-order valence-electron chi connectivity index (χ3n) is 3.11. The molecular weight excluding hydrogens is 272 g/mol. The minimum atomic E-state index is -0.453. The lowest BCUT2D eigenvalue weighted by molar-refractivity contribution is -0.385. The molecule has 0 amide bonds. The summed E-state index contributed by atoms with van der Waals surface area (Å²) in [4.78, 5) is 14.7. The largest absolute Gasteiger partial charge is 0.490 e. The quantitative estimate of drug-likeness (QED) is 0.626. The Bertz CT molecular complexity index is 624. The molecule has 1 N–H and O–H groups in total. The summed E-state index contributed by atoms with van der Waals surface area (Å²) in [5, 5.41) is 14.2. The summed E-state index contributed by atoms with van der Waals surface area (Å²) in [5.41, 5.74) is 1.66. The number of nitro benzene ring substituents is 1. The zero-order chi connectivity index (χ0) is 15.2. The van der Waals surface area contributed by atoms with Crippen LogP contribution < -0.4 is 10.1 Å². The SMILES string of the molecule is CCCn1cncc1CNc1ccc(OC)c([N+](=O)[O-])c1. The molecule has 0 bridgehead atoms. The van der Waals surface area contributed by atoms with Gasteiger partial charge in [-0.2, -0.15) is 0 Å². The van der Waals surface area contributed by atoms with Crippen LogP contribution in [0.25, 0.3) is 0 Å². The van der Waals surface area contributed by atoms with Crippen molar-refractivity contribution in [3.8, 4) is 5.75 Å². The number of nitrogens with zero attached hydrogens (tertiary/aromatic N) is 3. The molecule has 0 saturated heterocycles. The molecule has 2 aromatic rings. The number of anilines is 1. The van der Waals surface area contributed by atoms with Crippen molar-refractivity contribution < 1.29 is 9.66 Å². The molecule has 0 saturated carbocycles. The third-order valence-corrected chi connectivity index (χ3v) is 3.11. The van der Waals surface area contributed by atoms with Crippen molar-refractivity contribution in [2.24, 2.45) is 0 Å². The van der Waals surface area contributed by atoms with E-state index >= 15 is 0 Å². The molecule has 0 aliphatic carbocycles. The van der Waals surface area contributed by atoms with Crippen LogP contribution in [0.15, 0.2) is 30.7 Å². The topological polar surface area (TPSA) is 82.2 Å². The molecule has 0 unspecified atom stereocenters. The smallest absolute Gasteiger partial charge is 0.312 e. The number of nitro groups is 1. The summed E-state index contributed by atoms with van der Waals surface area (Å²) in [6.45, 7) is 3.56. The maximum atomic E-state index is 11.0. The zero-order valence-corrected chi connectivity index (χ0v) is 12.1. The van der Waals surface area contributed by atoms with Gasteiger partial charge in [-0.1, -0.05) is 6.92 Å². The highest BCUT2D eigenvalue weighted by Gasteiger charge is 2.15.